The molecule has 1 aromatic rings. The van der Waals surface area contributed by atoms with Crippen LogP contribution >= 0.6 is 12.4 Å². The number of halogens is 1. The molecule has 2 heterocycles. The van der Waals surface area contributed by atoms with Crippen LogP contribution in [0.5, 0.6) is 0 Å². The Kier molecular flexibility index (Phi) is 7.53. The van der Waals surface area contributed by atoms with Crippen molar-refractivity contribution in [2.75, 3.05) is 39.3 Å². The van der Waals surface area contributed by atoms with E-state index in [0.717, 1.165) is 31.7 Å². The van der Waals surface area contributed by atoms with Crippen LogP contribution in [0.1, 0.15) is 39.2 Å². The first-order valence-corrected chi connectivity index (χ1v) is 11.2. The molecule has 0 bridgehead atoms. The second-order valence-electron chi connectivity index (χ2n) is 8.53. The van der Waals surface area contributed by atoms with E-state index in [1.807, 2.05) is 17.0 Å². The highest BCUT2D eigenvalue weighted by Crippen LogP contribution is 2.27. The lowest BCUT2D eigenvalue weighted by molar-refractivity contribution is -0.137. The number of nitrogens with one attached hydrogen (secondary N) is 1. The van der Waals surface area contributed by atoms with Gasteiger partial charge in [0.05, 0.1) is 4.90 Å². The standard InChI is InChI=1S/C20H31N3O3S.ClH/c1-20(2,3)17-4-6-18(7-5-17)27(25,26)23-12-8-16(9-13-23)19(24)22-14-10-21-11-15-22;/h4-7,16,21H,8-15H2,1-3H3;1H. The van der Waals surface area contributed by atoms with E-state index in [0.29, 0.717) is 30.8 Å². The fourth-order valence-corrected chi connectivity index (χ4v) is 5.23. The van der Waals surface area contributed by atoms with Crippen LogP contribution in [0.2, 0.25) is 0 Å². The molecule has 3 rings (SSSR count). The fourth-order valence-electron chi connectivity index (χ4n) is 3.76. The van der Waals surface area contributed by atoms with Gasteiger partial charge in [-0.15, -0.1) is 12.4 Å². The number of hydrogen-bond acceptors (Lipinski definition) is 4. The number of benzene rings is 1. The second kappa shape index (κ2) is 9.11. The summed E-state index contributed by atoms with van der Waals surface area (Å²) in [6.45, 7) is 10.3. The second-order valence-corrected chi connectivity index (χ2v) is 10.5. The van der Waals surface area contributed by atoms with Crippen LogP contribution < -0.4 is 5.32 Å². The van der Waals surface area contributed by atoms with Crippen molar-refractivity contribution >= 4 is 28.3 Å². The normalized spacial score (nSPS) is 19.9. The molecule has 0 spiro atoms. The number of nitrogens with zero attached hydrogens (tertiary/aromatic N) is 2. The van der Waals surface area contributed by atoms with Gasteiger partial charge in [0.15, 0.2) is 0 Å². The first-order chi connectivity index (χ1) is 12.7. The SMILES string of the molecule is CC(C)(C)c1ccc(S(=O)(=O)N2CCC(C(=O)N3CCNCC3)CC2)cc1.Cl. The summed E-state index contributed by atoms with van der Waals surface area (Å²) in [5, 5.41) is 3.25. The van der Waals surface area contributed by atoms with Crippen molar-refractivity contribution in [3.8, 4) is 0 Å². The molecule has 1 N–H and O–H groups in total. The number of carbonyl (C=O) groups is 1. The highest BCUT2D eigenvalue weighted by atomic mass is 35.5. The summed E-state index contributed by atoms with van der Waals surface area (Å²) in [7, 11) is -3.50. The summed E-state index contributed by atoms with van der Waals surface area (Å²) in [5.74, 6) is 0.126. The number of rotatable bonds is 3. The van der Waals surface area contributed by atoms with E-state index in [1.54, 1.807) is 12.1 Å². The molecule has 0 aliphatic carbocycles. The van der Waals surface area contributed by atoms with Gasteiger partial charge in [0.1, 0.15) is 0 Å². The van der Waals surface area contributed by atoms with Crippen LogP contribution in [-0.4, -0.2) is 62.8 Å². The molecule has 0 saturated carbocycles. The van der Waals surface area contributed by atoms with Gasteiger partial charge in [-0.05, 0) is 36.0 Å². The highest BCUT2D eigenvalue weighted by molar-refractivity contribution is 7.89. The van der Waals surface area contributed by atoms with E-state index in [-0.39, 0.29) is 29.6 Å². The maximum absolute atomic E-state index is 12.9. The Balaban J connectivity index is 0.00000280. The van der Waals surface area contributed by atoms with E-state index in [2.05, 4.69) is 26.1 Å². The third-order valence-corrected chi connectivity index (χ3v) is 7.50. The predicted molar refractivity (Wildman–Crippen MR) is 113 cm³/mol. The lowest BCUT2D eigenvalue weighted by Gasteiger charge is -2.35. The number of amides is 1. The van der Waals surface area contributed by atoms with Crippen molar-refractivity contribution < 1.29 is 13.2 Å². The zero-order valence-electron chi connectivity index (χ0n) is 17.0. The largest absolute Gasteiger partial charge is 0.340 e. The van der Waals surface area contributed by atoms with Gasteiger partial charge in [-0.1, -0.05) is 32.9 Å². The number of hydrogen-bond donors (Lipinski definition) is 1. The zero-order chi connectivity index (χ0) is 19.7. The minimum atomic E-state index is -3.50. The van der Waals surface area contributed by atoms with Gasteiger partial charge in [-0.25, -0.2) is 8.42 Å². The molecule has 8 heteroatoms. The average molecular weight is 430 g/mol. The fraction of sp³-hybridized carbons (Fsp3) is 0.650. The Labute approximate surface area is 175 Å². The number of sulfonamides is 1. The van der Waals surface area contributed by atoms with E-state index < -0.39 is 10.0 Å². The molecular formula is C20H32ClN3O3S. The molecule has 28 heavy (non-hydrogen) atoms. The summed E-state index contributed by atoms with van der Waals surface area (Å²) in [6, 6.07) is 7.20. The van der Waals surface area contributed by atoms with Gasteiger partial charge in [0, 0.05) is 45.2 Å². The summed E-state index contributed by atoms with van der Waals surface area (Å²) in [4.78, 5) is 14.9. The third kappa shape index (κ3) is 5.06. The van der Waals surface area contributed by atoms with Crippen molar-refractivity contribution in [2.24, 2.45) is 5.92 Å². The Morgan fingerprint density at radius 3 is 2.04 bits per heavy atom. The Hall–Kier alpha value is -1.15. The Morgan fingerprint density at radius 1 is 1.00 bits per heavy atom. The van der Waals surface area contributed by atoms with Crippen LogP contribution in [0.4, 0.5) is 0 Å². The lowest BCUT2D eigenvalue weighted by atomic mass is 9.87. The summed E-state index contributed by atoms with van der Waals surface area (Å²) >= 11 is 0. The molecule has 2 saturated heterocycles. The molecule has 0 unspecified atom stereocenters. The molecular weight excluding hydrogens is 398 g/mol. The van der Waals surface area contributed by atoms with Gasteiger partial charge < -0.3 is 10.2 Å². The molecule has 2 aliphatic rings. The highest BCUT2D eigenvalue weighted by Gasteiger charge is 2.34. The first kappa shape index (κ1) is 23.1. The van der Waals surface area contributed by atoms with Gasteiger partial charge in [-0.3, -0.25) is 4.79 Å². The molecule has 6 nitrogen and oxygen atoms in total. The maximum Gasteiger partial charge on any atom is 0.243 e. The quantitative estimate of drug-likeness (QED) is 0.799. The molecule has 158 valence electrons. The molecule has 2 fully saturated rings. The number of piperidine rings is 1. The molecule has 0 aromatic heterocycles. The van der Waals surface area contributed by atoms with Crippen LogP contribution in [0, 0.1) is 5.92 Å². The van der Waals surface area contributed by atoms with Crippen LogP contribution in [0.15, 0.2) is 29.2 Å². The molecule has 0 radical (unpaired) electrons. The zero-order valence-corrected chi connectivity index (χ0v) is 18.6. The minimum absolute atomic E-state index is 0. The molecule has 1 amide bonds. The van der Waals surface area contributed by atoms with E-state index in [9.17, 15) is 13.2 Å². The summed E-state index contributed by atoms with van der Waals surface area (Å²) < 4.78 is 27.4. The molecule has 0 atom stereocenters. The van der Waals surface area contributed by atoms with Crippen molar-refractivity contribution in [3.63, 3.8) is 0 Å². The van der Waals surface area contributed by atoms with Crippen LogP contribution in [0.3, 0.4) is 0 Å². The van der Waals surface area contributed by atoms with E-state index in [1.165, 1.54) is 4.31 Å². The number of piperazine rings is 1. The van der Waals surface area contributed by atoms with E-state index >= 15 is 0 Å². The van der Waals surface area contributed by atoms with Crippen molar-refractivity contribution in [1.82, 2.24) is 14.5 Å². The van der Waals surface area contributed by atoms with Crippen molar-refractivity contribution in [2.45, 2.75) is 43.9 Å². The third-order valence-electron chi connectivity index (χ3n) is 5.59. The van der Waals surface area contributed by atoms with Gasteiger partial charge in [0.25, 0.3) is 0 Å². The first-order valence-electron chi connectivity index (χ1n) is 9.80. The summed E-state index contributed by atoms with van der Waals surface area (Å²) in [5.41, 5.74) is 1.10. The van der Waals surface area contributed by atoms with Crippen molar-refractivity contribution in [3.05, 3.63) is 29.8 Å². The predicted octanol–water partition coefficient (Wildman–Crippen LogP) is 2.24. The minimum Gasteiger partial charge on any atom is -0.340 e. The van der Waals surface area contributed by atoms with Gasteiger partial charge in [-0.2, -0.15) is 4.31 Å². The van der Waals surface area contributed by atoms with Gasteiger partial charge >= 0.3 is 0 Å². The van der Waals surface area contributed by atoms with Gasteiger partial charge in [0.2, 0.25) is 15.9 Å². The maximum atomic E-state index is 12.9. The van der Waals surface area contributed by atoms with E-state index in [4.69, 9.17) is 0 Å². The molecule has 1 aromatic carbocycles. The average Bonchev–Trinajstić information content (AvgIpc) is 2.67. The smallest absolute Gasteiger partial charge is 0.243 e. The Bertz CT molecular complexity index is 761. The Morgan fingerprint density at radius 2 is 1.54 bits per heavy atom. The summed E-state index contributed by atoms with van der Waals surface area (Å²) in [6.07, 6.45) is 1.20. The monoisotopic (exact) mass is 429 g/mol. The van der Waals surface area contributed by atoms with Crippen molar-refractivity contribution in [1.29, 1.82) is 0 Å². The number of carbonyl (C=O) groups excluding carboxylic acids is 1. The topological polar surface area (TPSA) is 69.7 Å². The lowest BCUT2D eigenvalue weighted by Crippen LogP contribution is -2.50. The van der Waals surface area contributed by atoms with Crippen LogP contribution in [-0.2, 0) is 20.2 Å². The molecule has 2 aliphatic heterocycles. The van der Waals surface area contributed by atoms with Crippen LogP contribution in [0.25, 0.3) is 0 Å².